The minimum atomic E-state index is -1.27. The Morgan fingerprint density at radius 3 is 1.97 bits per heavy atom. The average molecular weight is 420 g/mol. The van der Waals surface area contributed by atoms with E-state index in [4.69, 9.17) is 9.47 Å². The number of carbonyl (C=O) groups is 1. The minimum Gasteiger partial charge on any atom is -0.462 e. The standard InChI is InChI=1S/C24H33NO3.ClH/c1-5-12-20(2)19-28-24(21-13-8-6-9-14-21,22-15-10-7-11-16-22)23(26)27-18-17-25(3)4;/h6-11,13-16,20H,5,12,17-19H2,1-4H3;1H. The van der Waals surface area contributed by atoms with Crippen LogP contribution < -0.4 is 0 Å². The van der Waals surface area contributed by atoms with E-state index in [1.807, 2.05) is 79.7 Å². The molecule has 0 radical (unpaired) electrons. The van der Waals surface area contributed by atoms with Crippen LogP contribution in [0, 0.1) is 5.92 Å². The molecular weight excluding hydrogens is 386 g/mol. The average Bonchev–Trinajstić information content (AvgIpc) is 2.70. The molecule has 1 atom stereocenters. The number of carbonyl (C=O) groups excluding carboxylic acids is 1. The summed E-state index contributed by atoms with van der Waals surface area (Å²) in [5, 5.41) is 0. The maximum Gasteiger partial charge on any atom is 0.347 e. The van der Waals surface area contributed by atoms with Gasteiger partial charge in [-0.25, -0.2) is 4.79 Å². The van der Waals surface area contributed by atoms with Crippen LogP contribution in [-0.4, -0.2) is 44.7 Å². The van der Waals surface area contributed by atoms with E-state index < -0.39 is 5.60 Å². The van der Waals surface area contributed by atoms with Crippen molar-refractivity contribution < 1.29 is 14.3 Å². The largest absolute Gasteiger partial charge is 0.462 e. The molecule has 0 aliphatic carbocycles. The topological polar surface area (TPSA) is 38.8 Å². The van der Waals surface area contributed by atoms with Crippen molar-refractivity contribution in [2.45, 2.75) is 32.3 Å². The molecule has 2 rings (SSSR count). The monoisotopic (exact) mass is 419 g/mol. The van der Waals surface area contributed by atoms with E-state index in [0.29, 0.717) is 25.7 Å². The van der Waals surface area contributed by atoms with Gasteiger partial charge in [-0.1, -0.05) is 80.9 Å². The van der Waals surface area contributed by atoms with Gasteiger partial charge in [0.15, 0.2) is 0 Å². The van der Waals surface area contributed by atoms with Crippen molar-refractivity contribution in [3.05, 3.63) is 71.8 Å². The maximum absolute atomic E-state index is 13.5. The van der Waals surface area contributed by atoms with Gasteiger partial charge in [0, 0.05) is 6.54 Å². The Labute approximate surface area is 181 Å². The van der Waals surface area contributed by atoms with E-state index in [9.17, 15) is 4.79 Å². The molecule has 0 N–H and O–H groups in total. The molecule has 29 heavy (non-hydrogen) atoms. The predicted molar refractivity (Wildman–Crippen MR) is 120 cm³/mol. The fourth-order valence-electron chi connectivity index (χ4n) is 3.24. The zero-order chi connectivity index (χ0) is 20.4. The highest BCUT2D eigenvalue weighted by Crippen LogP contribution is 2.36. The molecule has 0 saturated carbocycles. The second kappa shape index (κ2) is 12.6. The Hall–Kier alpha value is -1.88. The molecule has 160 valence electrons. The van der Waals surface area contributed by atoms with Crippen LogP contribution in [-0.2, 0) is 19.9 Å². The van der Waals surface area contributed by atoms with E-state index in [-0.39, 0.29) is 18.4 Å². The van der Waals surface area contributed by atoms with Crippen molar-refractivity contribution in [1.82, 2.24) is 4.90 Å². The maximum atomic E-state index is 13.5. The van der Waals surface area contributed by atoms with Gasteiger partial charge in [0.05, 0.1) is 6.61 Å². The van der Waals surface area contributed by atoms with Crippen LogP contribution in [0.15, 0.2) is 60.7 Å². The Bertz CT molecular complexity index is 667. The van der Waals surface area contributed by atoms with Gasteiger partial charge in [0.25, 0.3) is 0 Å². The van der Waals surface area contributed by atoms with E-state index in [0.717, 1.165) is 24.0 Å². The molecule has 0 aromatic heterocycles. The van der Waals surface area contributed by atoms with Crippen molar-refractivity contribution >= 4 is 18.4 Å². The van der Waals surface area contributed by atoms with Gasteiger partial charge < -0.3 is 14.4 Å². The summed E-state index contributed by atoms with van der Waals surface area (Å²) in [6, 6.07) is 19.3. The summed E-state index contributed by atoms with van der Waals surface area (Å²) in [5.74, 6) is -0.0122. The van der Waals surface area contributed by atoms with Crippen LogP contribution in [0.3, 0.4) is 0 Å². The molecule has 5 heteroatoms. The molecule has 1 unspecified atom stereocenters. The van der Waals surface area contributed by atoms with Crippen LogP contribution in [0.25, 0.3) is 0 Å². The summed E-state index contributed by atoms with van der Waals surface area (Å²) in [5.41, 5.74) is 0.316. The highest BCUT2D eigenvalue weighted by molar-refractivity contribution is 5.86. The first-order chi connectivity index (χ1) is 13.5. The van der Waals surface area contributed by atoms with Gasteiger partial charge >= 0.3 is 5.97 Å². The van der Waals surface area contributed by atoms with E-state index in [1.54, 1.807) is 0 Å². The molecule has 0 aliphatic heterocycles. The number of halogens is 1. The van der Waals surface area contributed by atoms with Crippen LogP contribution in [0.1, 0.15) is 37.8 Å². The van der Waals surface area contributed by atoms with Crippen molar-refractivity contribution in [2.75, 3.05) is 33.9 Å². The van der Waals surface area contributed by atoms with Gasteiger partial charge in [-0.2, -0.15) is 0 Å². The first kappa shape index (κ1) is 25.2. The lowest BCUT2D eigenvalue weighted by Gasteiger charge is -2.34. The van der Waals surface area contributed by atoms with Gasteiger partial charge in [0.2, 0.25) is 5.60 Å². The fraction of sp³-hybridized carbons (Fsp3) is 0.458. The summed E-state index contributed by atoms with van der Waals surface area (Å²) in [6.07, 6.45) is 2.14. The third-order valence-corrected chi connectivity index (χ3v) is 4.79. The Kier molecular flexibility index (Phi) is 11.0. The summed E-state index contributed by atoms with van der Waals surface area (Å²) in [6.45, 7) is 5.79. The Morgan fingerprint density at radius 1 is 1.00 bits per heavy atom. The smallest absolute Gasteiger partial charge is 0.347 e. The second-order valence-corrected chi connectivity index (χ2v) is 7.56. The summed E-state index contributed by atoms with van der Waals surface area (Å²) in [7, 11) is 3.91. The molecule has 0 bridgehead atoms. The van der Waals surface area contributed by atoms with Crippen molar-refractivity contribution in [2.24, 2.45) is 5.92 Å². The normalized spacial score (nSPS) is 12.3. The van der Waals surface area contributed by atoms with Gasteiger partial charge in [0.1, 0.15) is 6.61 Å². The Morgan fingerprint density at radius 2 is 1.52 bits per heavy atom. The lowest BCUT2D eigenvalue weighted by molar-refractivity contribution is -0.170. The Balaban J connectivity index is 0.00000420. The molecule has 2 aromatic carbocycles. The van der Waals surface area contributed by atoms with Gasteiger partial charge in [-0.15, -0.1) is 12.4 Å². The number of likely N-dealkylation sites (N-methyl/N-ethyl adjacent to an activating group) is 1. The van der Waals surface area contributed by atoms with E-state index in [2.05, 4.69) is 13.8 Å². The van der Waals surface area contributed by atoms with E-state index >= 15 is 0 Å². The van der Waals surface area contributed by atoms with Crippen LogP contribution in [0.5, 0.6) is 0 Å². The molecule has 2 aromatic rings. The molecule has 0 fully saturated rings. The molecule has 0 saturated heterocycles. The molecule has 0 aliphatic rings. The number of benzene rings is 2. The lowest BCUT2D eigenvalue weighted by Crippen LogP contribution is -2.43. The summed E-state index contributed by atoms with van der Waals surface area (Å²) in [4.78, 5) is 15.4. The predicted octanol–water partition coefficient (Wildman–Crippen LogP) is 4.91. The zero-order valence-corrected chi connectivity index (χ0v) is 18.8. The number of esters is 1. The minimum absolute atomic E-state index is 0. The number of ether oxygens (including phenoxy) is 2. The third-order valence-electron chi connectivity index (χ3n) is 4.79. The quantitative estimate of drug-likeness (QED) is 0.485. The fourth-order valence-corrected chi connectivity index (χ4v) is 3.24. The first-order valence-corrected chi connectivity index (χ1v) is 10.1. The first-order valence-electron chi connectivity index (χ1n) is 10.1. The van der Waals surface area contributed by atoms with Crippen LogP contribution in [0.4, 0.5) is 0 Å². The molecule has 0 spiro atoms. The van der Waals surface area contributed by atoms with E-state index in [1.165, 1.54) is 0 Å². The molecule has 4 nitrogen and oxygen atoms in total. The highest BCUT2D eigenvalue weighted by atomic mass is 35.5. The number of hydrogen-bond donors (Lipinski definition) is 0. The molecule has 0 amide bonds. The third kappa shape index (κ3) is 6.84. The number of rotatable bonds is 11. The second-order valence-electron chi connectivity index (χ2n) is 7.56. The van der Waals surface area contributed by atoms with Crippen LogP contribution >= 0.6 is 12.4 Å². The molecular formula is C24H34ClNO3. The zero-order valence-electron chi connectivity index (χ0n) is 18.0. The SMILES string of the molecule is CCCC(C)COC(C(=O)OCCN(C)C)(c1ccccc1)c1ccccc1.Cl. The van der Waals surface area contributed by atoms with Gasteiger partial charge in [-0.05, 0) is 37.6 Å². The lowest BCUT2D eigenvalue weighted by atomic mass is 9.85. The summed E-state index contributed by atoms with van der Waals surface area (Å²) < 4.78 is 12.2. The highest BCUT2D eigenvalue weighted by Gasteiger charge is 2.45. The summed E-state index contributed by atoms with van der Waals surface area (Å²) >= 11 is 0. The number of nitrogens with zero attached hydrogens (tertiary/aromatic N) is 1. The van der Waals surface area contributed by atoms with Gasteiger partial charge in [-0.3, -0.25) is 0 Å². The van der Waals surface area contributed by atoms with Crippen LogP contribution in [0.2, 0.25) is 0 Å². The van der Waals surface area contributed by atoms with Crippen molar-refractivity contribution in [3.63, 3.8) is 0 Å². The van der Waals surface area contributed by atoms with Crippen molar-refractivity contribution in [3.8, 4) is 0 Å². The molecule has 0 heterocycles. The van der Waals surface area contributed by atoms with Crippen molar-refractivity contribution in [1.29, 1.82) is 0 Å². The number of hydrogen-bond acceptors (Lipinski definition) is 4.